The highest BCUT2D eigenvalue weighted by atomic mass is 16.5. The fraction of sp³-hybridized carbons (Fsp3) is 0.556. The topological polar surface area (TPSA) is 88.4 Å². The number of methoxy groups -OCH3 is 1. The molecule has 2 aromatic heterocycles. The van der Waals surface area contributed by atoms with Crippen molar-refractivity contribution in [1.82, 2.24) is 24.4 Å². The molecule has 1 atom stereocenters. The van der Waals surface area contributed by atoms with Crippen molar-refractivity contribution in [3.05, 3.63) is 36.2 Å². The maximum absolute atomic E-state index is 13.1. The second kappa shape index (κ2) is 11.6. The Balaban J connectivity index is 1.57. The van der Waals surface area contributed by atoms with E-state index in [1.54, 1.807) is 7.11 Å². The Morgan fingerprint density at radius 1 is 1.19 bits per heavy atom. The van der Waals surface area contributed by atoms with Gasteiger partial charge in [0.1, 0.15) is 5.75 Å². The largest absolute Gasteiger partial charge is 0.497 e. The van der Waals surface area contributed by atoms with E-state index in [0.717, 1.165) is 68.2 Å². The van der Waals surface area contributed by atoms with Gasteiger partial charge in [0, 0.05) is 38.8 Å². The second-order valence-corrected chi connectivity index (χ2v) is 9.61. The zero-order valence-corrected chi connectivity index (χ0v) is 22.2. The molecule has 1 aliphatic rings. The molecule has 0 spiro atoms. The first-order chi connectivity index (χ1) is 17.4. The molecule has 0 saturated carbocycles. The van der Waals surface area contributed by atoms with Gasteiger partial charge in [-0.3, -0.25) is 4.79 Å². The van der Waals surface area contributed by atoms with Crippen LogP contribution in [0.5, 0.6) is 5.75 Å². The van der Waals surface area contributed by atoms with E-state index in [2.05, 4.69) is 45.7 Å². The molecule has 4 rings (SSSR count). The first kappa shape index (κ1) is 25.7. The van der Waals surface area contributed by atoms with Crippen LogP contribution in [0.1, 0.15) is 52.1 Å². The zero-order chi connectivity index (χ0) is 25.7. The molecule has 0 aliphatic carbocycles. The molecule has 1 aromatic carbocycles. The summed E-state index contributed by atoms with van der Waals surface area (Å²) in [7, 11) is 1.68. The fourth-order valence-electron chi connectivity index (χ4n) is 4.82. The van der Waals surface area contributed by atoms with E-state index in [-0.39, 0.29) is 17.9 Å². The lowest BCUT2D eigenvalue weighted by atomic mass is 9.96. The van der Waals surface area contributed by atoms with E-state index < -0.39 is 0 Å². The van der Waals surface area contributed by atoms with Crippen LogP contribution in [0.15, 0.2) is 30.6 Å². The monoisotopic (exact) mass is 493 g/mol. The van der Waals surface area contributed by atoms with Crippen LogP contribution in [0, 0.1) is 5.92 Å². The highest BCUT2D eigenvalue weighted by Crippen LogP contribution is 2.28. The number of imidazole rings is 1. The second-order valence-electron chi connectivity index (χ2n) is 9.61. The molecule has 194 valence electrons. The Morgan fingerprint density at radius 2 is 1.94 bits per heavy atom. The number of nitrogens with zero attached hydrogens (tertiary/aromatic N) is 6. The van der Waals surface area contributed by atoms with Gasteiger partial charge in [-0.2, -0.15) is 9.97 Å². The van der Waals surface area contributed by atoms with Crippen molar-refractivity contribution in [3.63, 3.8) is 0 Å². The van der Waals surface area contributed by atoms with E-state index in [4.69, 9.17) is 14.7 Å². The number of anilines is 2. The molecule has 9 heteroatoms. The lowest BCUT2D eigenvalue weighted by Gasteiger charge is -2.34. The molecule has 1 amide bonds. The first-order valence-electron chi connectivity index (χ1n) is 13.1. The Hall–Kier alpha value is -3.36. The number of aromatic nitrogens is 4. The molecule has 36 heavy (non-hydrogen) atoms. The normalized spacial score (nSPS) is 15.9. The number of benzene rings is 1. The van der Waals surface area contributed by atoms with E-state index in [9.17, 15) is 4.79 Å². The molecule has 3 aromatic rings. The molecule has 0 bridgehead atoms. The Labute approximate surface area is 213 Å². The summed E-state index contributed by atoms with van der Waals surface area (Å²) in [6.45, 7) is 12.0. The fourth-order valence-corrected chi connectivity index (χ4v) is 4.82. The minimum Gasteiger partial charge on any atom is -0.497 e. The van der Waals surface area contributed by atoms with E-state index in [1.165, 1.54) is 5.56 Å². The Morgan fingerprint density at radius 3 is 2.61 bits per heavy atom. The lowest BCUT2D eigenvalue weighted by molar-refractivity contribution is -0.135. The van der Waals surface area contributed by atoms with Crippen LogP contribution in [-0.4, -0.2) is 70.2 Å². The summed E-state index contributed by atoms with van der Waals surface area (Å²) >= 11 is 0. The van der Waals surface area contributed by atoms with Gasteiger partial charge in [0.25, 0.3) is 0 Å². The number of hydrogen-bond acceptors (Lipinski definition) is 7. The smallest absolute Gasteiger partial charge is 0.229 e. The summed E-state index contributed by atoms with van der Waals surface area (Å²) in [5.74, 6) is 2.46. The molecule has 9 nitrogen and oxygen atoms in total. The van der Waals surface area contributed by atoms with Crippen molar-refractivity contribution < 1.29 is 9.53 Å². The van der Waals surface area contributed by atoms with Crippen LogP contribution in [0.4, 0.5) is 11.8 Å². The van der Waals surface area contributed by atoms with Crippen LogP contribution in [0.25, 0.3) is 11.2 Å². The molecule has 0 radical (unpaired) electrons. The number of hydrogen-bond donors (Lipinski definition) is 1. The molecule has 3 heterocycles. The van der Waals surface area contributed by atoms with Gasteiger partial charge in [-0.05, 0) is 64.7 Å². The van der Waals surface area contributed by atoms with Crippen molar-refractivity contribution in [3.8, 4) is 5.75 Å². The number of carbonyl (C=O) groups is 1. The van der Waals surface area contributed by atoms with Gasteiger partial charge in [-0.15, -0.1) is 0 Å². The van der Waals surface area contributed by atoms with Crippen molar-refractivity contribution >= 4 is 28.8 Å². The van der Waals surface area contributed by atoms with Crippen LogP contribution in [0.2, 0.25) is 0 Å². The van der Waals surface area contributed by atoms with Gasteiger partial charge >= 0.3 is 0 Å². The predicted octanol–water partition coefficient (Wildman–Crippen LogP) is 4.16. The highest BCUT2D eigenvalue weighted by molar-refractivity contribution is 5.85. The number of piperidine rings is 1. The zero-order valence-electron chi connectivity index (χ0n) is 22.2. The molecular weight excluding hydrogens is 454 g/mol. The van der Waals surface area contributed by atoms with Gasteiger partial charge in [-0.25, -0.2) is 4.98 Å². The van der Waals surface area contributed by atoms with E-state index >= 15 is 0 Å². The summed E-state index contributed by atoms with van der Waals surface area (Å²) in [5.41, 5.74) is 2.81. The number of ether oxygens (including phenoxy) is 1. The minimum absolute atomic E-state index is 0.0283. The molecule has 1 N–H and O–H groups in total. The van der Waals surface area contributed by atoms with Crippen molar-refractivity contribution in [2.24, 2.45) is 5.92 Å². The van der Waals surface area contributed by atoms with Gasteiger partial charge in [-0.1, -0.05) is 12.1 Å². The van der Waals surface area contributed by atoms with E-state index in [1.807, 2.05) is 37.2 Å². The summed E-state index contributed by atoms with van der Waals surface area (Å²) in [6, 6.07) is 8.34. The summed E-state index contributed by atoms with van der Waals surface area (Å²) < 4.78 is 7.34. The van der Waals surface area contributed by atoms with Crippen molar-refractivity contribution in [1.29, 1.82) is 0 Å². The van der Waals surface area contributed by atoms with Gasteiger partial charge in [0.15, 0.2) is 17.0 Å². The first-order valence-corrected chi connectivity index (χ1v) is 13.1. The third-order valence-electron chi connectivity index (χ3n) is 6.96. The molecule has 1 aliphatic heterocycles. The van der Waals surface area contributed by atoms with Gasteiger partial charge in [0.2, 0.25) is 11.9 Å². The number of rotatable bonds is 10. The number of amides is 1. The van der Waals surface area contributed by atoms with Gasteiger partial charge < -0.3 is 24.4 Å². The summed E-state index contributed by atoms with van der Waals surface area (Å²) in [4.78, 5) is 31.7. The average Bonchev–Trinajstić information content (AvgIpc) is 3.34. The minimum atomic E-state index is -0.0283. The molecule has 1 saturated heterocycles. The highest BCUT2D eigenvalue weighted by Gasteiger charge is 2.30. The Kier molecular flexibility index (Phi) is 8.28. The quantitative estimate of drug-likeness (QED) is 0.454. The van der Waals surface area contributed by atoms with Crippen LogP contribution in [-0.2, 0) is 11.2 Å². The van der Waals surface area contributed by atoms with Crippen molar-refractivity contribution in [2.75, 3.05) is 50.1 Å². The third kappa shape index (κ3) is 5.55. The van der Waals surface area contributed by atoms with Gasteiger partial charge in [0.05, 0.1) is 19.4 Å². The number of fused-ring (bicyclic) bond motifs is 1. The summed E-state index contributed by atoms with van der Waals surface area (Å²) in [5, 5.41) is 3.51. The number of carbonyl (C=O) groups excluding carboxylic acids is 1. The molecule has 1 fully saturated rings. The predicted molar refractivity (Wildman–Crippen MR) is 144 cm³/mol. The third-order valence-corrected chi connectivity index (χ3v) is 6.96. The number of nitrogens with one attached hydrogen (secondary N) is 1. The SMILES string of the molecule is CCN(CC)C(=O)C1CCCN(c2nc(NCCc3ccc(OC)cc3)c3ncn(C(C)C)c3n2)C1. The van der Waals surface area contributed by atoms with Crippen LogP contribution >= 0.6 is 0 Å². The molecular formula is C27H39N7O2. The molecule has 1 unspecified atom stereocenters. The standard InChI is InChI=1S/C27H39N7O2/c1-6-32(7-2)26(35)21-9-8-16-33(17-21)27-30-24(23-25(31-27)34(18-29-23)19(3)4)28-15-14-20-10-12-22(36-5)13-11-20/h10-13,18-19,21H,6-9,14-17H2,1-5H3,(H,28,30,31). The summed E-state index contributed by atoms with van der Waals surface area (Å²) in [6.07, 6.45) is 4.54. The maximum atomic E-state index is 13.1. The van der Waals surface area contributed by atoms with Crippen molar-refractivity contribution in [2.45, 2.75) is 53.0 Å². The van der Waals surface area contributed by atoms with Crippen LogP contribution < -0.4 is 15.0 Å². The Bertz CT molecular complexity index is 1150. The lowest BCUT2D eigenvalue weighted by Crippen LogP contribution is -2.45. The maximum Gasteiger partial charge on any atom is 0.229 e. The van der Waals surface area contributed by atoms with Crippen LogP contribution in [0.3, 0.4) is 0 Å². The van der Waals surface area contributed by atoms with E-state index in [0.29, 0.717) is 12.5 Å². The average molecular weight is 494 g/mol.